The quantitative estimate of drug-likeness (QED) is 0.226. The van der Waals surface area contributed by atoms with Crippen molar-refractivity contribution in [3.63, 3.8) is 0 Å². The van der Waals surface area contributed by atoms with Crippen molar-refractivity contribution < 1.29 is 21.8 Å². The van der Waals surface area contributed by atoms with Crippen molar-refractivity contribution in [2.45, 2.75) is 65.2 Å². The minimum absolute atomic E-state index is 0. The van der Waals surface area contributed by atoms with Gasteiger partial charge in [0.15, 0.2) is 0 Å². The van der Waals surface area contributed by atoms with Crippen LogP contribution in [0.2, 0.25) is 0 Å². The van der Waals surface area contributed by atoms with Crippen molar-refractivity contribution in [3.8, 4) is 5.75 Å². The van der Waals surface area contributed by atoms with Gasteiger partial charge in [-0.05, 0) is 31.4 Å². The Hall–Kier alpha value is -0.110. The van der Waals surface area contributed by atoms with Crippen LogP contribution in [-0.2, 0) is 26.0 Å². The van der Waals surface area contributed by atoms with Gasteiger partial charge in [-0.2, -0.15) is 8.42 Å². The van der Waals surface area contributed by atoms with Crippen LogP contribution in [0.15, 0.2) is 24.3 Å². The molecule has 0 heterocycles. The summed E-state index contributed by atoms with van der Waals surface area (Å²) < 4.78 is 32.5. The molecule has 24 heavy (non-hydrogen) atoms. The summed E-state index contributed by atoms with van der Waals surface area (Å²) in [4.78, 5) is 4.44. The first-order chi connectivity index (χ1) is 11.1. The van der Waals surface area contributed by atoms with E-state index in [1.54, 1.807) is 19.1 Å². The molecule has 1 radical (unpaired) electrons. The Morgan fingerprint density at radius 1 is 0.917 bits per heavy atom. The van der Waals surface area contributed by atoms with Gasteiger partial charge in [0, 0.05) is 29.6 Å². The van der Waals surface area contributed by atoms with Gasteiger partial charge in [0.05, 0.1) is 6.61 Å². The molecule has 0 atom stereocenters. The summed E-state index contributed by atoms with van der Waals surface area (Å²) in [7, 11) is -4.19. The van der Waals surface area contributed by atoms with Crippen molar-refractivity contribution in [2.24, 2.45) is 0 Å². The molecule has 1 aromatic carbocycles. The smallest absolute Gasteiger partial charge is 0.360 e. The molecule has 0 aromatic heterocycles. The molecule has 1 aromatic rings. The van der Waals surface area contributed by atoms with Crippen LogP contribution < -0.4 is 4.18 Å². The third-order valence-corrected chi connectivity index (χ3v) is 4.11. The Kier molecular flexibility index (Phi) is 14.0. The van der Waals surface area contributed by atoms with Crippen LogP contribution in [0, 0.1) is 0 Å². The zero-order valence-electron chi connectivity index (χ0n) is 15.1. The molecule has 0 saturated heterocycles. The minimum Gasteiger partial charge on any atom is -0.360 e. The van der Waals surface area contributed by atoms with E-state index in [2.05, 4.69) is 16.1 Å². The molecule has 0 N–H and O–H groups in total. The Morgan fingerprint density at radius 3 is 2.21 bits per heavy atom. The van der Waals surface area contributed by atoms with Crippen LogP contribution in [0.25, 0.3) is 0 Å². The largest absolute Gasteiger partial charge is 0.476 e. The molecule has 133 valence electrons. The Bertz CT molecular complexity index is 534. The second-order valence-corrected chi connectivity index (χ2v) is 6.56. The molecule has 0 aliphatic carbocycles. The molecule has 7 heteroatoms. The average molecular weight is 367 g/mol. The average Bonchev–Trinajstić information content (AvgIpc) is 2.53. The first kappa shape index (κ1) is 23.9. The number of hydrogen-bond donors (Lipinski definition) is 0. The molecule has 0 unspecified atom stereocenters. The Labute approximate surface area is 168 Å². The summed E-state index contributed by atoms with van der Waals surface area (Å²) in [6.45, 7) is 3.96. The molecule has 0 aliphatic rings. The molecule has 5 nitrogen and oxygen atoms in total. The first-order valence-electron chi connectivity index (χ1n) is 8.42. The second kappa shape index (κ2) is 14.1. The summed E-state index contributed by atoms with van der Waals surface area (Å²) in [5.74, 6) is 0.304. The first-order valence-corrected chi connectivity index (χ1v) is 9.75. The summed E-state index contributed by atoms with van der Waals surface area (Å²) in [6.07, 6.45) is 9.27. The molecule has 0 aliphatic heterocycles. The molecule has 1 rings (SSSR count). The van der Waals surface area contributed by atoms with Gasteiger partial charge in [-0.15, -0.1) is 0 Å². The van der Waals surface area contributed by atoms with Crippen LogP contribution in [0.4, 0.5) is 0 Å². The fraction of sp³-hybridized carbons (Fsp3) is 0.647. The number of hydrogen-bond acceptors (Lipinski definition) is 5. The number of aryl methyl sites for hydroxylation is 1. The fourth-order valence-corrected chi connectivity index (χ4v) is 2.92. The van der Waals surface area contributed by atoms with Gasteiger partial charge in [-0.25, -0.2) is 4.89 Å². The number of para-hydroxylation sites is 1. The summed E-state index contributed by atoms with van der Waals surface area (Å²) in [6, 6.07) is 7.12. The summed E-state index contributed by atoms with van der Waals surface area (Å²) in [5, 5.41) is 0. The maximum Gasteiger partial charge on any atom is 0.476 e. The zero-order valence-corrected chi connectivity index (χ0v) is 17.9. The molecule has 0 bridgehead atoms. The normalized spacial score (nSPS) is 11.1. The summed E-state index contributed by atoms with van der Waals surface area (Å²) >= 11 is 0. The van der Waals surface area contributed by atoms with Gasteiger partial charge in [0.25, 0.3) is 0 Å². The van der Waals surface area contributed by atoms with Gasteiger partial charge in [-0.3, -0.25) is 0 Å². The third-order valence-electron chi connectivity index (χ3n) is 3.46. The van der Waals surface area contributed by atoms with Crippen LogP contribution in [-0.4, -0.2) is 44.6 Å². The van der Waals surface area contributed by atoms with Crippen molar-refractivity contribution in [1.29, 1.82) is 0 Å². The Morgan fingerprint density at radius 2 is 1.54 bits per heavy atom. The standard InChI is InChI=1S/C17H28O5S.Na/c1-3-5-6-7-8-9-10-13-16-14-11-12-15-17(16)21-23(18,19)22-20-4-2;/h11-12,14-15H,3-10,13H2,1-2H3;. The third kappa shape index (κ3) is 10.7. The monoisotopic (exact) mass is 367 g/mol. The molecular weight excluding hydrogens is 339 g/mol. The van der Waals surface area contributed by atoms with Crippen LogP contribution in [0.5, 0.6) is 5.75 Å². The van der Waals surface area contributed by atoms with E-state index in [9.17, 15) is 8.42 Å². The molecule has 0 amide bonds. The number of benzene rings is 1. The van der Waals surface area contributed by atoms with E-state index in [0.29, 0.717) is 5.75 Å². The van der Waals surface area contributed by atoms with Crippen molar-refractivity contribution >= 4 is 40.0 Å². The predicted octanol–water partition coefficient (Wildman–Crippen LogP) is 4.19. The molecular formula is C17H28NaO5S. The van der Waals surface area contributed by atoms with E-state index >= 15 is 0 Å². The van der Waals surface area contributed by atoms with E-state index in [0.717, 1.165) is 24.8 Å². The van der Waals surface area contributed by atoms with E-state index in [1.165, 1.54) is 32.1 Å². The van der Waals surface area contributed by atoms with Gasteiger partial charge in [-0.1, -0.05) is 68.0 Å². The van der Waals surface area contributed by atoms with Crippen molar-refractivity contribution in [1.82, 2.24) is 0 Å². The van der Waals surface area contributed by atoms with E-state index in [4.69, 9.17) is 4.18 Å². The number of rotatable bonds is 13. The fourth-order valence-electron chi connectivity index (χ4n) is 2.30. The second-order valence-electron chi connectivity index (χ2n) is 5.45. The van der Waals surface area contributed by atoms with Gasteiger partial charge in [0.1, 0.15) is 5.75 Å². The molecule has 0 saturated carbocycles. The summed E-state index contributed by atoms with van der Waals surface area (Å²) in [5.41, 5.74) is 0.865. The van der Waals surface area contributed by atoms with Crippen LogP contribution in [0.1, 0.15) is 64.4 Å². The van der Waals surface area contributed by atoms with E-state index in [1.807, 2.05) is 12.1 Å². The zero-order chi connectivity index (χ0) is 17.0. The van der Waals surface area contributed by atoms with Crippen molar-refractivity contribution in [3.05, 3.63) is 29.8 Å². The SMILES string of the molecule is CCCCCCCCCc1ccccc1OS(=O)(=O)OOCC.[Na]. The topological polar surface area (TPSA) is 61.8 Å². The van der Waals surface area contributed by atoms with Gasteiger partial charge < -0.3 is 4.18 Å². The number of unbranched alkanes of at least 4 members (excludes halogenated alkanes) is 6. The van der Waals surface area contributed by atoms with Gasteiger partial charge >= 0.3 is 10.4 Å². The van der Waals surface area contributed by atoms with E-state index < -0.39 is 10.4 Å². The molecule has 0 spiro atoms. The van der Waals surface area contributed by atoms with Crippen molar-refractivity contribution in [2.75, 3.05) is 6.61 Å². The van der Waals surface area contributed by atoms with Crippen LogP contribution in [0.3, 0.4) is 0 Å². The van der Waals surface area contributed by atoms with E-state index in [-0.39, 0.29) is 36.2 Å². The predicted molar refractivity (Wildman–Crippen MR) is 96.2 cm³/mol. The van der Waals surface area contributed by atoms with Gasteiger partial charge in [0.2, 0.25) is 0 Å². The maximum absolute atomic E-state index is 11.6. The van der Waals surface area contributed by atoms with Crippen LogP contribution >= 0.6 is 0 Å². The molecule has 0 fully saturated rings. The minimum atomic E-state index is -4.19. The Balaban J connectivity index is 0.00000529. The maximum atomic E-state index is 11.6.